The monoisotopic (exact) mass is 415 g/mol. The van der Waals surface area contributed by atoms with Gasteiger partial charge in [-0.25, -0.2) is 4.99 Å². The van der Waals surface area contributed by atoms with E-state index < -0.39 is 0 Å². The van der Waals surface area contributed by atoms with Crippen LogP contribution in [0.3, 0.4) is 0 Å². The number of hydrogen-bond donors (Lipinski definition) is 1. The number of nitrogens with zero attached hydrogens (tertiary/aromatic N) is 2. The van der Waals surface area contributed by atoms with Crippen LogP contribution in [0.1, 0.15) is 0 Å². The second-order valence-electron chi connectivity index (χ2n) is 6.18. The molecule has 0 bridgehead atoms. The van der Waals surface area contributed by atoms with Gasteiger partial charge in [0.1, 0.15) is 5.75 Å². The van der Waals surface area contributed by atoms with Crippen molar-refractivity contribution in [2.45, 2.75) is 6.54 Å². The molecule has 0 atom stereocenters. The van der Waals surface area contributed by atoms with Crippen LogP contribution in [-0.2, 0) is 16.1 Å². The number of carbonyl (C=O) groups excluding carboxylic acids is 1. The van der Waals surface area contributed by atoms with Gasteiger partial charge in [0, 0.05) is 29.6 Å². The fraction of sp³-hybridized carbons (Fsp3) is 0.200. The Morgan fingerprint density at radius 1 is 1.29 bits per heavy atom. The first-order valence-electron chi connectivity index (χ1n) is 8.68. The van der Waals surface area contributed by atoms with Crippen molar-refractivity contribution in [2.24, 2.45) is 4.99 Å². The summed E-state index contributed by atoms with van der Waals surface area (Å²) < 4.78 is 12.8. The first kappa shape index (κ1) is 18.7. The molecule has 3 aromatic rings. The van der Waals surface area contributed by atoms with Crippen LogP contribution in [0.25, 0.3) is 11.3 Å². The molecule has 4 rings (SSSR count). The predicted molar refractivity (Wildman–Crippen MR) is 110 cm³/mol. The van der Waals surface area contributed by atoms with E-state index in [1.165, 1.54) is 0 Å². The number of thiazole rings is 1. The molecular weight excluding hydrogens is 398 g/mol. The lowest BCUT2D eigenvalue weighted by Gasteiger charge is -2.19. The highest BCUT2D eigenvalue weighted by Crippen LogP contribution is 2.33. The molecule has 0 spiro atoms. The Morgan fingerprint density at radius 3 is 2.89 bits per heavy atom. The zero-order valence-electron chi connectivity index (χ0n) is 15.1. The fourth-order valence-electron chi connectivity index (χ4n) is 2.92. The van der Waals surface area contributed by atoms with Gasteiger partial charge < -0.3 is 19.4 Å². The number of benzene rings is 2. The summed E-state index contributed by atoms with van der Waals surface area (Å²) in [6.07, 6.45) is 0. The molecule has 0 saturated carbocycles. The summed E-state index contributed by atoms with van der Waals surface area (Å²) in [5, 5.41) is 5.58. The maximum absolute atomic E-state index is 11.6. The van der Waals surface area contributed by atoms with Gasteiger partial charge in [-0.3, -0.25) is 4.79 Å². The molecule has 8 heteroatoms. The molecule has 1 amide bonds. The number of halogens is 1. The van der Waals surface area contributed by atoms with Crippen LogP contribution in [0.5, 0.6) is 5.75 Å². The van der Waals surface area contributed by atoms with Crippen LogP contribution >= 0.6 is 22.9 Å². The van der Waals surface area contributed by atoms with Gasteiger partial charge in [0.15, 0.2) is 11.4 Å². The fourth-order valence-corrected chi connectivity index (χ4v) is 4.00. The highest BCUT2D eigenvalue weighted by atomic mass is 35.5. The number of ether oxygens (including phenoxy) is 2. The summed E-state index contributed by atoms with van der Waals surface area (Å²) in [6.45, 7) is 1.26. The van der Waals surface area contributed by atoms with Crippen LogP contribution < -0.4 is 14.9 Å². The van der Waals surface area contributed by atoms with Crippen molar-refractivity contribution in [3.63, 3.8) is 0 Å². The molecule has 28 heavy (non-hydrogen) atoms. The number of carbonyl (C=O) groups is 1. The molecule has 0 unspecified atom stereocenters. The third-order valence-electron chi connectivity index (χ3n) is 4.28. The van der Waals surface area contributed by atoms with Gasteiger partial charge in [-0.15, -0.1) is 11.3 Å². The number of amides is 1. The molecule has 2 heterocycles. The van der Waals surface area contributed by atoms with Crippen molar-refractivity contribution in [1.82, 2.24) is 4.57 Å². The van der Waals surface area contributed by atoms with Gasteiger partial charge in [0.25, 0.3) is 5.91 Å². The Balaban J connectivity index is 1.77. The van der Waals surface area contributed by atoms with Crippen LogP contribution in [0, 0.1) is 0 Å². The van der Waals surface area contributed by atoms with Gasteiger partial charge in [0.05, 0.1) is 23.7 Å². The second kappa shape index (κ2) is 8.18. The van der Waals surface area contributed by atoms with Gasteiger partial charge in [0.2, 0.25) is 0 Å². The Kier molecular flexibility index (Phi) is 5.47. The topological polar surface area (TPSA) is 64.8 Å². The number of rotatable bonds is 5. The van der Waals surface area contributed by atoms with E-state index >= 15 is 0 Å². The average Bonchev–Trinajstić information content (AvgIpc) is 3.09. The Hall–Kier alpha value is -2.61. The molecule has 6 nitrogen and oxygen atoms in total. The van der Waals surface area contributed by atoms with Crippen molar-refractivity contribution >= 4 is 40.2 Å². The number of methoxy groups -OCH3 is 1. The molecule has 1 aromatic heterocycles. The predicted octanol–water partition coefficient (Wildman–Crippen LogP) is 4.08. The molecule has 1 aliphatic rings. The molecule has 2 aromatic carbocycles. The largest absolute Gasteiger partial charge is 0.482 e. The lowest BCUT2D eigenvalue weighted by atomic mass is 10.1. The van der Waals surface area contributed by atoms with Gasteiger partial charge in [-0.05, 0) is 42.5 Å². The SMILES string of the molecule is COCCn1c(-c2ccc3c(c2)NC(=O)CO3)csc1=Nc1ccc(Cl)cc1. The van der Waals surface area contributed by atoms with Crippen LogP contribution in [0.4, 0.5) is 11.4 Å². The first-order valence-corrected chi connectivity index (χ1v) is 9.94. The van der Waals surface area contributed by atoms with Gasteiger partial charge in [-0.1, -0.05) is 11.6 Å². The minimum absolute atomic E-state index is 0.0444. The standard InChI is InChI=1S/C20H18ClN3O3S/c1-26-9-8-24-17(12-28-20(24)22-15-5-3-14(21)4-6-15)13-2-7-18-16(10-13)23-19(25)11-27-18/h2-7,10,12H,8-9,11H2,1H3,(H,23,25). The first-order chi connectivity index (χ1) is 13.6. The van der Waals surface area contributed by atoms with Crippen LogP contribution in [0.15, 0.2) is 52.8 Å². The van der Waals surface area contributed by atoms with Crippen LogP contribution in [0.2, 0.25) is 5.02 Å². The van der Waals surface area contributed by atoms with Crippen molar-refractivity contribution < 1.29 is 14.3 Å². The second-order valence-corrected chi connectivity index (χ2v) is 7.46. The van der Waals surface area contributed by atoms with E-state index in [-0.39, 0.29) is 12.5 Å². The summed E-state index contributed by atoms with van der Waals surface area (Å²) in [7, 11) is 1.67. The molecule has 0 fully saturated rings. The smallest absolute Gasteiger partial charge is 0.262 e. The van der Waals surface area contributed by atoms with E-state index in [4.69, 9.17) is 26.1 Å². The van der Waals surface area contributed by atoms with E-state index in [2.05, 4.69) is 15.3 Å². The summed E-state index contributed by atoms with van der Waals surface area (Å²) in [5.41, 5.74) is 3.47. The van der Waals surface area contributed by atoms with E-state index in [1.54, 1.807) is 18.4 Å². The highest BCUT2D eigenvalue weighted by molar-refractivity contribution is 7.07. The van der Waals surface area contributed by atoms with Crippen molar-refractivity contribution in [3.05, 3.63) is 57.7 Å². The lowest BCUT2D eigenvalue weighted by Crippen LogP contribution is -2.25. The van der Waals surface area contributed by atoms with Crippen molar-refractivity contribution in [1.29, 1.82) is 0 Å². The van der Waals surface area contributed by atoms with Crippen LogP contribution in [-0.4, -0.2) is 30.8 Å². The van der Waals surface area contributed by atoms with E-state index in [0.29, 0.717) is 29.6 Å². The molecule has 144 valence electrons. The minimum Gasteiger partial charge on any atom is -0.482 e. The number of hydrogen-bond acceptors (Lipinski definition) is 5. The minimum atomic E-state index is -0.152. The molecule has 0 aliphatic carbocycles. The van der Waals surface area contributed by atoms with E-state index in [1.807, 2.05) is 42.5 Å². The number of nitrogens with one attached hydrogen (secondary N) is 1. The van der Waals surface area contributed by atoms with Crippen molar-refractivity contribution in [2.75, 3.05) is 25.6 Å². The highest BCUT2D eigenvalue weighted by Gasteiger charge is 2.17. The number of anilines is 1. The van der Waals surface area contributed by atoms with Gasteiger partial charge in [-0.2, -0.15) is 0 Å². The molecule has 0 saturated heterocycles. The van der Waals surface area contributed by atoms with Crippen molar-refractivity contribution in [3.8, 4) is 17.0 Å². The Labute approximate surface area is 171 Å². The summed E-state index contributed by atoms with van der Waals surface area (Å²) in [5.74, 6) is 0.522. The quantitative estimate of drug-likeness (QED) is 0.682. The van der Waals surface area contributed by atoms with Gasteiger partial charge >= 0.3 is 0 Å². The summed E-state index contributed by atoms with van der Waals surface area (Å²) in [6, 6.07) is 13.2. The van der Waals surface area contributed by atoms with E-state index in [9.17, 15) is 4.79 Å². The normalized spacial score (nSPS) is 13.8. The third kappa shape index (κ3) is 3.96. The zero-order chi connectivity index (χ0) is 19.5. The average molecular weight is 416 g/mol. The number of fused-ring (bicyclic) bond motifs is 1. The molecule has 1 aliphatic heterocycles. The summed E-state index contributed by atoms with van der Waals surface area (Å²) in [4.78, 5) is 17.2. The maximum atomic E-state index is 11.6. The number of aromatic nitrogens is 1. The molecule has 0 radical (unpaired) electrons. The Morgan fingerprint density at radius 2 is 2.11 bits per heavy atom. The maximum Gasteiger partial charge on any atom is 0.262 e. The Bertz CT molecular complexity index is 1070. The third-order valence-corrected chi connectivity index (χ3v) is 5.39. The molecular formula is C20H18ClN3O3S. The lowest BCUT2D eigenvalue weighted by molar-refractivity contribution is -0.118. The zero-order valence-corrected chi connectivity index (χ0v) is 16.7. The molecule has 1 N–H and O–H groups in total. The van der Waals surface area contributed by atoms with E-state index in [0.717, 1.165) is 21.7 Å². The summed E-state index contributed by atoms with van der Waals surface area (Å²) >= 11 is 7.51.